The molecule has 1 amide bonds. The van der Waals surface area contributed by atoms with E-state index in [4.69, 9.17) is 0 Å². The van der Waals surface area contributed by atoms with Crippen LogP contribution in [0.4, 0.5) is 5.13 Å². The minimum Gasteiger partial charge on any atom is -0.302 e. The minimum atomic E-state index is -0.0374. The molecule has 0 saturated carbocycles. The van der Waals surface area contributed by atoms with E-state index >= 15 is 0 Å². The Labute approximate surface area is 150 Å². The van der Waals surface area contributed by atoms with Gasteiger partial charge in [-0.3, -0.25) is 4.79 Å². The molecule has 0 spiro atoms. The van der Waals surface area contributed by atoms with Crippen molar-refractivity contribution in [1.82, 2.24) is 4.98 Å². The van der Waals surface area contributed by atoms with Gasteiger partial charge in [-0.25, -0.2) is 4.98 Å². The third kappa shape index (κ3) is 3.13. The molecule has 25 heavy (non-hydrogen) atoms. The third-order valence-electron chi connectivity index (χ3n) is 4.37. The molecule has 0 saturated heterocycles. The van der Waals surface area contributed by atoms with Crippen molar-refractivity contribution in [3.8, 4) is 0 Å². The van der Waals surface area contributed by atoms with Crippen molar-refractivity contribution >= 4 is 43.4 Å². The fourth-order valence-corrected chi connectivity index (χ4v) is 4.04. The second kappa shape index (κ2) is 6.30. The normalized spacial score (nSPS) is 11.1. The van der Waals surface area contributed by atoms with Crippen molar-refractivity contribution in [2.24, 2.45) is 0 Å². The van der Waals surface area contributed by atoms with E-state index < -0.39 is 0 Å². The molecule has 0 unspecified atom stereocenters. The van der Waals surface area contributed by atoms with E-state index in [9.17, 15) is 4.79 Å². The van der Waals surface area contributed by atoms with E-state index in [0.29, 0.717) is 11.6 Å². The molecular weight excluding hydrogens is 328 g/mol. The Hall–Kier alpha value is -2.72. The summed E-state index contributed by atoms with van der Waals surface area (Å²) in [5, 5.41) is 5.95. The van der Waals surface area contributed by atoms with E-state index in [2.05, 4.69) is 53.6 Å². The first-order valence-electron chi connectivity index (χ1n) is 8.24. The number of carbonyl (C=O) groups excluding carboxylic acids is 1. The highest BCUT2D eigenvalue weighted by atomic mass is 32.1. The first-order chi connectivity index (χ1) is 12.1. The van der Waals surface area contributed by atoms with Gasteiger partial charge in [-0.1, -0.05) is 65.9 Å². The largest absolute Gasteiger partial charge is 0.302 e. The predicted octanol–water partition coefficient (Wildman–Crippen LogP) is 5.25. The molecule has 1 aromatic heterocycles. The van der Waals surface area contributed by atoms with Crippen LogP contribution in [0, 0.1) is 13.8 Å². The number of rotatable bonds is 3. The highest BCUT2D eigenvalue weighted by molar-refractivity contribution is 7.22. The Balaban J connectivity index is 1.55. The van der Waals surface area contributed by atoms with Crippen LogP contribution in [0.1, 0.15) is 16.7 Å². The second-order valence-corrected chi connectivity index (χ2v) is 7.30. The van der Waals surface area contributed by atoms with Gasteiger partial charge in [-0.05, 0) is 41.3 Å². The molecule has 3 nitrogen and oxygen atoms in total. The van der Waals surface area contributed by atoms with Crippen molar-refractivity contribution in [3.05, 3.63) is 71.3 Å². The van der Waals surface area contributed by atoms with Crippen LogP contribution in [-0.2, 0) is 11.2 Å². The fraction of sp³-hybridized carbons (Fsp3) is 0.143. The van der Waals surface area contributed by atoms with Gasteiger partial charge < -0.3 is 5.32 Å². The Morgan fingerprint density at radius 1 is 1.00 bits per heavy atom. The summed E-state index contributed by atoms with van der Waals surface area (Å²) in [6.07, 6.45) is 0.346. The number of hydrogen-bond acceptors (Lipinski definition) is 3. The molecule has 0 fully saturated rings. The number of aromatic nitrogens is 1. The van der Waals surface area contributed by atoms with Gasteiger partial charge in [0.1, 0.15) is 0 Å². The van der Waals surface area contributed by atoms with Gasteiger partial charge in [0.25, 0.3) is 0 Å². The molecule has 0 aliphatic rings. The zero-order valence-electron chi connectivity index (χ0n) is 14.2. The van der Waals surface area contributed by atoms with Crippen LogP contribution in [-0.4, -0.2) is 10.9 Å². The van der Waals surface area contributed by atoms with Crippen molar-refractivity contribution in [1.29, 1.82) is 0 Å². The maximum atomic E-state index is 12.4. The maximum absolute atomic E-state index is 12.4. The molecule has 0 aliphatic carbocycles. The highest BCUT2D eigenvalue weighted by Crippen LogP contribution is 2.30. The van der Waals surface area contributed by atoms with E-state index in [0.717, 1.165) is 26.7 Å². The van der Waals surface area contributed by atoms with Crippen LogP contribution in [0.15, 0.2) is 54.6 Å². The van der Waals surface area contributed by atoms with Gasteiger partial charge in [0.15, 0.2) is 5.13 Å². The maximum Gasteiger partial charge on any atom is 0.230 e. The van der Waals surface area contributed by atoms with Gasteiger partial charge in [-0.2, -0.15) is 0 Å². The highest BCUT2D eigenvalue weighted by Gasteiger charge is 2.11. The van der Waals surface area contributed by atoms with E-state index in [1.807, 2.05) is 25.1 Å². The summed E-state index contributed by atoms with van der Waals surface area (Å²) in [6, 6.07) is 18.5. The number of amides is 1. The molecule has 124 valence electrons. The third-order valence-corrected chi connectivity index (χ3v) is 5.47. The van der Waals surface area contributed by atoms with Gasteiger partial charge >= 0.3 is 0 Å². The predicted molar refractivity (Wildman–Crippen MR) is 105 cm³/mol. The van der Waals surface area contributed by atoms with Crippen LogP contribution in [0.5, 0.6) is 0 Å². The zero-order chi connectivity index (χ0) is 17.4. The molecule has 0 aliphatic heterocycles. The molecule has 1 N–H and O–H groups in total. The summed E-state index contributed by atoms with van der Waals surface area (Å²) >= 11 is 1.54. The quantitative estimate of drug-likeness (QED) is 0.551. The van der Waals surface area contributed by atoms with Gasteiger partial charge in [0.05, 0.1) is 16.6 Å². The molecule has 0 radical (unpaired) electrons. The van der Waals surface area contributed by atoms with Gasteiger partial charge in [0.2, 0.25) is 5.91 Å². The Morgan fingerprint density at radius 3 is 2.56 bits per heavy atom. The van der Waals surface area contributed by atoms with Crippen LogP contribution in [0.2, 0.25) is 0 Å². The molecule has 0 atom stereocenters. The lowest BCUT2D eigenvalue weighted by atomic mass is 10.1. The van der Waals surface area contributed by atoms with Crippen molar-refractivity contribution in [2.75, 3.05) is 5.32 Å². The summed E-state index contributed by atoms with van der Waals surface area (Å²) in [4.78, 5) is 17.0. The van der Waals surface area contributed by atoms with E-state index in [1.165, 1.54) is 22.3 Å². The molecule has 4 aromatic rings. The van der Waals surface area contributed by atoms with Crippen LogP contribution >= 0.6 is 11.3 Å². The number of anilines is 1. The molecular formula is C21H18N2OS. The lowest BCUT2D eigenvalue weighted by molar-refractivity contribution is -0.115. The molecule has 1 heterocycles. The van der Waals surface area contributed by atoms with Gasteiger partial charge in [-0.15, -0.1) is 0 Å². The van der Waals surface area contributed by atoms with Crippen molar-refractivity contribution < 1.29 is 4.79 Å². The Bertz CT molecular complexity index is 1060. The van der Waals surface area contributed by atoms with E-state index in [1.54, 1.807) is 0 Å². The summed E-state index contributed by atoms with van der Waals surface area (Å²) in [5.41, 5.74) is 4.30. The average Bonchev–Trinajstić information content (AvgIpc) is 3.03. The van der Waals surface area contributed by atoms with E-state index in [-0.39, 0.29) is 5.91 Å². The summed E-state index contributed by atoms with van der Waals surface area (Å²) in [6.45, 7) is 4.11. The lowest BCUT2D eigenvalue weighted by Crippen LogP contribution is -2.14. The smallest absolute Gasteiger partial charge is 0.230 e. The first-order valence-corrected chi connectivity index (χ1v) is 9.06. The number of benzene rings is 3. The zero-order valence-corrected chi connectivity index (χ0v) is 15.0. The summed E-state index contributed by atoms with van der Waals surface area (Å²) in [7, 11) is 0. The number of fused-ring (bicyclic) bond motifs is 2. The number of nitrogens with one attached hydrogen (secondary N) is 1. The monoisotopic (exact) mass is 346 g/mol. The topological polar surface area (TPSA) is 42.0 Å². The average molecular weight is 346 g/mol. The summed E-state index contributed by atoms with van der Waals surface area (Å²) in [5.74, 6) is -0.0374. The second-order valence-electron chi connectivity index (χ2n) is 6.30. The Kier molecular flexibility index (Phi) is 3.98. The number of hydrogen-bond donors (Lipinski definition) is 1. The SMILES string of the molecule is Cc1ccc(C)c2sc(NC(=O)Cc3ccc4ccccc4c3)nc12. The number of aryl methyl sites for hydroxylation is 2. The number of nitrogens with zero attached hydrogens (tertiary/aromatic N) is 1. The van der Waals surface area contributed by atoms with Crippen molar-refractivity contribution in [2.45, 2.75) is 20.3 Å². The summed E-state index contributed by atoms with van der Waals surface area (Å²) < 4.78 is 1.14. The first kappa shape index (κ1) is 15.8. The number of carbonyl (C=O) groups is 1. The fourth-order valence-electron chi connectivity index (χ4n) is 3.01. The lowest BCUT2D eigenvalue weighted by Gasteiger charge is -2.04. The van der Waals surface area contributed by atoms with Crippen LogP contribution in [0.3, 0.4) is 0 Å². The minimum absolute atomic E-state index is 0.0374. The molecule has 3 aromatic carbocycles. The number of thiazole rings is 1. The van der Waals surface area contributed by atoms with Gasteiger partial charge in [0, 0.05) is 0 Å². The standard InChI is InChI=1S/C21H18N2OS/c1-13-7-8-14(2)20-19(13)23-21(25-20)22-18(24)12-15-9-10-16-5-3-4-6-17(16)11-15/h3-11H,12H2,1-2H3,(H,22,23,24). The van der Waals surface area contributed by atoms with Crippen LogP contribution < -0.4 is 5.32 Å². The molecule has 0 bridgehead atoms. The van der Waals surface area contributed by atoms with Crippen molar-refractivity contribution in [3.63, 3.8) is 0 Å². The molecule has 4 rings (SSSR count). The van der Waals surface area contributed by atoms with Crippen LogP contribution in [0.25, 0.3) is 21.0 Å². The Morgan fingerprint density at radius 2 is 1.76 bits per heavy atom. The molecule has 4 heteroatoms.